The molecule has 1 fully saturated rings. The lowest BCUT2D eigenvalue weighted by atomic mass is 9.83. The molecule has 1 aliphatic carbocycles. The van der Waals surface area contributed by atoms with Crippen molar-refractivity contribution in [3.8, 4) is 11.1 Å². The highest BCUT2D eigenvalue weighted by Gasteiger charge is 2.33. The summed E-state index contributed by atoms with van der Waals surface area (Å²) in [6.07, 6.45) is 6.94. The van der Waals surface area contributed by atoms with E-state index in [0.29, 0.717) is 4.73 Å². The molecule has 11 heteroatoms. The molecule has 1 saturated carbocycles. The number of nitrogens with zero attached hydrogens (tertiary/aromatic N) is 3. The number of rotatable bonds is 6. The lowest BCUT2D eigenvalue weighted by Crippen LogP contribution is -2.49. The molecule has 0 aliphatic heterocycles. The van der Waals surface area contributed by atoms with Gasteiger partial charge in [0, 0.05) is 31.8 Å². The van der Waals surface area contributed by atoms with E-state index in [1.165, 1.54) is 48.3 Å². The van der Waals surface area contributed by atoms with Crippen LogP contribution in [0.5, 0.6) is 0 Å². The van der Waals surface area contributed by atoms with E-state index in [0.717, 1.165) is 32.1 Å². The van der Waals surface area contributed by atoms with Gasteiger partial charge < -0.3 is 15.8 Å². The highest BCUT2D eigenvalue weighted by Crippen LogP contribution is 2.35. The molecule has 1 atom stereocenters. The average molecular weight is 518 g/mol. The molecule has 2 heterocycles. The number of carbonyl (C=O) groups excluding carboxylic acids is 2. The Labute approximate surface area is 211 Å². The number of hydrogen-bond donors (Lipinski definition) is 2. The van der Waals surface area contributed by atoms with Gasteiger partial charge in [-0.15, -0.1) is 0 Å². The van der Waals surface area contributed by atoms with Gasteiger partial charge in [0.15, 0.2) is 23.5 Å². The molecular formula is C25H26ClF2N5O3. The first kappa shape index (κ1) is 25.6. The van der Waals surface area contributed by atoms with Crippen molar-refractivity contribution in [1.29, 1.82) is 0 Å². The van der Waals surface area contributed by atoms with Crippen LogP contribution >= 0.6 is 11.6 Å². The van der Waals surface area contributed by atoms with E-state index in [1.54, 1.807) is 7.05 Å². The molecule has 0 bridgehead atoms. The summed E-state index contributed by atoms with van der Waals surface area (Å²) < 4.78 is 32.1. The standard InChI is InChI=1S/C25H26ClF2N5O3/c1-14-20(17(26)11-13-33(14)36)16-8-9-18(22(28)21(16)27)30-25(35)23(15-6-4-3-5-7-15)31-24(34)19-10-12-29-32(19)2/h8-13,15,23H,3-7H2,1-2H3,(H,30,35)(H,31,34). The maximum absolute atomic E-state index is 15.1. The van der Waals surface area contributed by atoms with Crippen molar-refractivity contribution in [2.45, 2.75) is 45.1 Å². The van der Waals surface area contributed by atoms with E-state index in [1.807, 2.05) is 0 Å². The fourth-order valence-corrected chi connectivity index (χ4v) is 4.96. The van der Waals surface area contributed by atoms with E-state index in [2.05, 4.69) is 15.7 Å². The number of carbonyl (C=O) groups is 2. The van der Waals surface area contributed by atoms with Crippen molar-refractivity contribution in [3.63, 3.8) is 0 Å². The molecular weight excluding hydrogens is 492 g/mol. The predicted molar refractivity (Wildman–Crippen MR) is 130 cm³/mol. The third-order valence-corrected chi connectivity index (χ3v) is 6.96. The fraction of sp³-hybridized carbons (Fsp3) is 0.360. The van der Waals surface area contributed by atoms with Gasteiger partial charge in [0.05, 0.1) is 16.3 Å². The van der Waals surface area contributed by atoms with Gasteiger partial charge in [0.25, 0.3) is 5.91 Å². The van der Waals surface area contributed by atoms with Gasteiger partial charge in [-0.25, -0.2) is 8.78 Å². The van der Waals surface area contributed by atoms with Gasteiger partial charge in [-0.3, -0.25) is 14.3 Å². The Bertz CT molecular complexity index is 1310. The Hall–Kier alpha value is -3.53. The Kier molecular flexibility index (Phi) is 7.53. The monoisotopic (exact) mass is 517 g/mol. The second-order valence-electron chi connectivity index (χ2n) is 8.92. The minimum atomic E-state index is -1.29. The maximum atomic E-state index is 15.1. The minimum absolute atomic E-state index is 0.0620. The van der Waals surface area contributed by atoms with Crippen LogP contribution in [0.15, 0.2) is 36.7 Å². The first-order valence-corrected chi connectivity index (χ1v) is 12.0. The third kappa shape index (κ3) is 5.04. The SMILES string of the molecule is Cc1c(-c2ccc(NC(=O)C(NC(=O)c3ccnn3C)C3CCCCC3)c(F)c2F)c(Cl)cc[n+]1[O-]. The summed E-state index contributed by atoms with van der Waals surface area (Å²) in [5, 5.41) is 21.2. The number of halogens is 3. The van der Waals surface area contributed by atoms with E-state index >= 15 is 8.78 Å². The normalized spacial score (nSPS) is 14.9. The highest BCUT2D eigenvalue weighted by atomic mass is 35.5. The predicted octanol–water partition coefficient (Wildman–Crippen LogP) is 4.28. The van der Waals surface area contributed by atoms with Gasteiger partial charge in [-0.05, 0) is 37.0 Å². The zero-order chi connectivity index (χ0) is 26.0. The van der Waals surface area contributed by atoms with E-state index in [4.69, 9.17) is 11.6 Å². The van der Waals surface area contributed by atoms with E-state index < -0.39 is 29.5 Å². The number of pyridine rings is 1. The molecule has 1 aliphatic rings. The number of anilines is 1. The smallest absolute Gasteiger partial charge is 0.270 e. The molecule has 1 unspecified atom stereocenters. The quantitative estimate of drug-likeness (QED) is 0.376. The van der Waals surface area contributed by atoms with Crippen molar-refractivity contribution in [1.82, 2.24) is 15.1 Å². The van der Waals surface area contributed by atoms with Gasteiger partial charge in [0.1, 0.15) is 11.7 Å². The molecule has 0 radical (unpaired) electrons. The van der Waals surface area contributed by atoms with Gasteiger partial charge in [-0.1, -0.05) is 30.9 Å². The van der Waals surface area contributed by atoms with Gasteiger partial charge >= 0.3 is 0 Å². The number of benzene rings is 1. The van der Waals surface area contributed by atoms with Crippen LogP contribution in [0.1, 0.15) is 48.3 Å². The Balaban J connectivity index is 1.61. The van der Waals surface area contributed by atoms with Crippen LogP contribution in [-0.4, -0.2) is 27.6 Å². The summed E-state index contributed by atoms with van der Waals surface area (Å²) in [6.45, 7) is 1.45. The molecule has 3 aromatic rings. The molecule has 2 aromatic heterocycles. The van der Waals surface area contributed by atoms with Crippen molar-refractivity contribution in [2.75, 3.05) is 5.32 Å². The number of hydrogen-bond acceptors (Lipinski definition) is 4. The lowest BCUT2D eigenvalue weighted by Gasteiger charge is -2.30. The van der Waals surface area contributed by atoms with Crippen molar-refractivity contribution in [2.24, 2.45) is 13.0 Å². The summed E-state index contributed by atoms with van der Waals surface area (Å²) in [5.74, 6) is -3.82. The van der Waals surface area contributed by atoms with E-state index in [9.17, 15) is 14.8 Å². The zero-order valence-corrected chi connectivity index (χ0v) is 20.6. The van der Waals surface area contributed by atoms with Crippen LogP contribution in [0, 0.1) is 29.7 Å². The second-order valence-corrected chi connectivity index (χ2v) is 9.32. The lowest BCUT2D eigenvalue weighted by molar-refractivity contribution is -0.611. The third-order valence-electron chi connectivity index (χ3n) is 6.64. The van der Waals surface area contributed by atoms with Crippen LogP contribution in [0.2, 0.25) is 5.02 Å². The summed E-state index contributed by atoms with van der Waals surface area (Å²) >= 11 is 6.16. The molecule has 8 nitrogen and oxygen atoms in total. The van der Waals surface area contributed by atoms with Crippen molar-refractivity contribution in [3.05, 3.63) is 69.9 Å². The number of nitrogens with one attached hydrogen (secondary N) is 2. The topological polar surface area (TPSA) is 103 Å². The first-order valence-electron chi connectivity index (χ1n) is 11.7. The fourth-order valence-electron chi connectivity index (χ4n) is 4.66. The second kappa shape index (κ2) is 10.6. The van der Waals surface area contributed by atoms with Crippen LogP contribution < -0.4 is 15.4 Å². The molecule has 0 spiro atoms. The summed E-state index contributed by atoms with van der Waals surface area (Å²) in [4.78, 5) is 26.1. The minimum Gasteiger partial charge on any atom is -0.618 e. The Morgan fingerprint density at radius 2 is 1.89 bits per heavy atom. The molecule has 1 aromatic carbocycles. The average Bonchev–Trinajstić information content (AvgIpc) is 3.30. The van der Waals surface area contributed by atoms with Gasteiger partial charge in [0.2, 0.25) is 5.91 Å². The van der Waals surface area contributed by atoms with Crippen molar-refractivity contribution >= 4 is 29.1 Å². The molecule has 2 amide bonds. The Morgan fingerprint density at radius 3 is 2.56 bits per heavy atom. The summed E-state index contributed by atoms with van der Waals surface area (Å²) in [7, 11) is 1.61. The molecule has 4 rings (SSSR count). The van der Waals surface area contributed by atoms with Crippen molar-refractivity contribution < 1.29 is 23.1 Å². The summed E-state index contributed by atoms with van der Waals surface area (Å²) in [6, 6.07) is 4.35. The van der Waals surface area contributed by atoms with Crippen LogP contribution in [-0.2, 0) is 11.8 Å². The Morgan fingerprint density at radius 1 is 1.17 bits per heavy atom. The number of aryl methyl sites for hydroxylation is 1. The van der Waals surface area contributed by atoms with Crippen LogP contribution in [0.25, 0.3) is 11.1 Å². The summed E-state index contributed by atoms with van der Waals surface area (Å²) in [5.41, 5.74) is -0.140. The maximum Gasteiger partial charge on any atom is 0.270 e. The molecule has 190 valence electrons. The molecule has 36 heavy (non-hydrogen) atoms. The molecule has 0 saturated heterocycles. The zero-order valence-electron chi connectivity index (χ0n) is 19.9. The highest BCUT2D eigenvalue weighted by molar-refractivity contribution is 6.33. The largest absolute Gasteiger partial charge is 0.618 e. The number of aromatic nitrogens is 3. The van der Waals surface area contributed by atoms with Crippen LogP contribution in [0.3, 0.4) is 0 Å². The molecule has 2 N–H and O–H groups in total. The number of amides is 2. The van der Waals surface area contributed by atoms with Gasteiger partial charge in [-0.2, -0.15) is 9.83 Å². The van der Waals surface area contributed by atoms with E-state index in [-0.39, 0.29) is 39.1 Å². The van der Waals surface area contributed by atoms with Crippen LogP contribution in [0.4, 0.5) is 14.5 Å². The first-order chi connectivity index (χ1) is 17.2.